The molecule has 0 unspecified atom stereocenters. The third kappa shape index (κ3) is 4.35. The second-order valence-corrected chi connectivity index (χ2v) is 8.52. The topological polar surface area (TPSA) is 38.8 Å². The van der Waals surface area contributed by atoms with Gasteiger partial charge in [-0.05, 0) is 45.1 Å². The molecule has 2 saturated heterocycles. The molecule has 1 amide bonds. The molecule has 0 aliphatic carbocycles. The predicted molar refractivity (Wildman–Crippen MR) is 101 cm³/mol. The van der Waals surface area contributed by atoms with Gasteiger partial charge in [-0.25, -0.2) is 8.78 Å². The normalized spacial score (nSPS) is 23.5. The Labute approximate surface area is 160 Å². The number of amides is 1. The van der Waals surface area contributed by atoms with Gasteiger partial charge in [-0.3, -0.25) is 4.79 Å². The number of alkyl halides is 2. The van der Waals surface area contributed by atoms with Gasteiger partial charge in [0.15, 0.2) is 0 Å². The fraction of sp³-hybridized carbons (Fsp3) is 0.650. The summed E-state index contributed by atoms with van der Waals surface area (Å²) in [7, 11) is -0.477. The first-order valence-electron chi connectivity index (χ1n) is 9.60. The molecule has 0 N–H and O–H groups in total. The maximum atomic E-state index is 13.3. The molecule has 2 fully saturated rings. The molecule has 148 valence electrons. The number of hydrogen-bond donors (Lipinski definition) is 0. The van der Waals surface area contributed by atoms with Crippen LogP contribution in [0.25, 0.3) is 0 Å². The zero-order chi connectivity index (χ0) is 19.9. The van der Waals surface area contributed by atoms with Gasteiger partial charge in [0, 0.05) is 32.4 Å². The van der Waals surface area contributed by atoms with Gasteiger partial charge in [-0.2, -0.15) is 0 Å². The fourth-order valence-corrected chi connectivity index (χ4v) is 3.44. The molecule has 7 heteroatoms. The number of carbonyl (C=O) groups excluding carboxylic acids is 1. The van der Waals surface area contributed by atoms with E-state index in [4.69, 9.17) is 9.31 Å². The van der Waals surface area contributed by atoms with Crippen LogP contribution in [0.15, 0.2) is 24.3 Å². The van der Waals surface area contributed by atoms with Crippen LogP contribution < -0.4 is 5.46 Å². The molecule has 0 radical (unpaired) electrons. The van der Waals surface area contributed by atoms with Gasteiger partial charge in [0.2, 0.25) is 5.91 Å². The highest BCUT2D eigenvalue weighted by Gasteiger charge is 2.52. The van der Waals surface area contributed by atoms with Crippen LogP contribution in [0, 0.1) is 0 Å². The van der Waals surface area contributed by atoms with Crippen molar-refractivity contribution >= 4 is 18.5 Å². The number of carbonyl (C=O) groups is 1. The number of likely N-dealkylation sites (tertiary alicyclic amines) is 1. The van der Waals surface area contributed by atoms with E-state index in [9.17, 15) is 13.6 Å². The Morgan fingerprint density at radius 1 is 1.07 bits per heavy atom. The van der Waals surface area contributed by atoms with Crippen molar-refractivity contribution < 1.29 is 22.9 Å². The van der Waals surface area contributed by atoms with E-state index in [0.717, 1.165) is 11.0 Å². The van der Waals surface area contributed by atoms with Gasteiger partial charge in [-0.15, -0.1) is 0 Å². The average Bonchev–Trinajstić information content (AvgIpc) is 2.80. The lowest BCUT2D eigenvalue weighted by Gasteiger charge is -2.32. The number of aryl methyl sites for hydroxylation is 1. The smallest absolute Gasteiger partial charge is 0.399 e. The summed E-state index contributed by atoms with van der Waals surface area (Å²) in [6.45, 7) is 8.28. The van der Waals surface area contributed by atoms with Crippen LogP contribution in [0.3, 0.4) is 0 Å². The summed E-state index contributed by atoms with van der Waals surface area (Å²) in [6, 6.07) is 7.79. The Morgan fingerprint density at radius 3 is 2.22 bits per heavy atom. The third-order valence-electron chi connectivity index (χ3n) is 6.02. The molecule has 0 atom stereocenters. The number of benzene rings is 1. The van der Waals surface area contributed by atoms with E-state index in [0.29, 0.717) is 12.8 Å². The molecule has 1 aromatic rings. The Morgan fingerprint density at radius 2 is 1.63 bits per heavy atom. The first kappa shape index (κ1) is 20.3. The highest BCUT2D eigenvalue weighted by Crippen LogP contribution is 2.36. The van der Waals surface area contributed by atoms with Crippen LogP contribution in [0.1, 0.15) is 52.5 Å². The molecule has 0 saturated carbocycles. The van der Waals surface area contributed by atoms with Crippen LogP contribution in [-0.4, -0.2) is 48.1 Å². The molecule has 0 bridgehead atoms. The summed E-state index contributed by atoms with van der Waals surface area (Å²) >= 11 is 0. The molecule has 0 aromatic heterocycles. The zero-order valence-corrected chi connectivity index (χ0v) is 16.6. The average molecular weight is 379 g/mol. The lowest BCUT2D eigenvalue weighted by atomic mass is 9.75. The second-order valence-electron chi connectivity index (χ2n) is 8.52. The van der Waals surface area contributed by atoms with Crippen LogP contribution >= 0.6 is 0 Å². The molecular formula is C20H28BF2NO3. The maximum absolute atomic E-state index is 13.3. The summed E-state index contributed by atoms with van der Waals surface area (Å²) < 4.78 is 38.8. The second kappa shape index (κ2) is 7.17. The van der Waals surface area contributed by atoms with Crippen molar-refractivity contribution in [2.45, 2.75) is 70.5 Å². The van der Waals surface area contributed by atoms with Crippen molar-refractivity contribution in [1.82, 2.24) is 4.90 Å². The maximum Gasteiger partial charge on any atom is 0.495 e. The Bertz CT molecular complexity index is 682. The van der Waals surface area contributed by atoms with Crippen molar-refractivity contribution in [2.75, 3.05) is 13.1 Å². The fourth-order valence-electron chi connectivity index (χ4n) is 3.44. The number of hydrogen-bond acceptors (Lipinski definition) is 3. The van der Waals surface area contributed by atoms with Gasteiger partial charge >= 0.3 is 7.12 Å². The van der Waals surface area contributed by atoms with Crippen LogP contribution in [0.4, 0.5) is 8.78 Å². The van der Waals surface area contributed by atoms with E-state index in [2.05, 4.69) is 0 Å². The van der Waals surface area contributed by atoms with Crippen molar-refractivity contribution in [2.24, 2.45) is 0 Å². The number of nitrogens with zero attached hydrogens (tertiary/aromatic N) is 1. The number of halogens is 2. The summed E-state index contributed by atoms with van der Waals surface area (Å²) in [5.41, 5.74) is 1.06. The van der Waals surface area contributed by atoms with E-state index in [1.54, 1.807) is 4.90 Å². The van der Waals surface area contributed by atoms with Crippen molar-refractivity contribution in [3.63, 3.8) is 0 Å². The monoisotopic (exact) mass is 379 g/mol. The molecule has 0 spiro atoms. The lowest BCUT2D eigenvalue weighted by Crippen LogP contribution is -2.43. The molecule has 2 aliphatic rings. The van der Waals surface area contributed by atoms with Gasteiger partial charge in [-0.1, -0.05) is 24.3 Å². The lowest BCUT2D eigenvalue weighted by molar-refractivity contribution is -0.137. The van der Waals surface area contributed by atoms with Crippen molar-refractivity contribution in [3.8, 4) is 0 Å². The first-order valence-corrected chi connectivity index (χ1v) is 9.60. The third-order valence-corrected chi connectivity index (χ3v) is 6.02. The highest BCUT2D eigenvalue weighted by atomic mass is 19.3. The van der Waals surface area contributed by atoms with Crippen LogP contribution in [0.5, 0.6) is 0 Å². The molecule has 2 heterocycles. The van der Waals surface area contributed by atoms with Gasteiger partial charge in [0.1, 0.15) is 0 Å². The first-order chi connectivity index (χ1) is 12.5. The summed E-state index contributed by atoms with van der Waals surface area (Å²) in [6.07, 6.45) is 0.334. The van der Waals surface area contributed by atoms with Crippen LogP contribution in [0.2, 0.25) is 0 Å². The molecule has 3 rings (SSSR count). The largest absolute Gasteiger partial charge is 0.495 e. The van der Waals surface area contributed by atoms with E-state index < -0.39 is 24.2 Å². The Balaban J connectivity index is 1.65. The quantitative estimate of drug-likeness (QED) is 0.755. The van der Waals surface area contributed by atoms with Crippen molar-refractivity contribution in [3.05, 3.63) is 29.8 Å². The molecular weight excluding hydrogens is 351 g/mol. The SMILES string of the molecule is CC1(C)OB(c2ccccc2CCC(=O)N2CCC(F)(F)CC2)OC1(C)C. The number of rotatable bonds is 4. The molecule has 27 heavy (non-hydrogen) atoms. The van der Waals surface area contributed by atoms with Crippen LogP contribution in [-0.2, 0) is 20.5 Å². The van der Waals surface area contributed by atoms with Gasteiger partial charge in [0.25, 0.3) is 5.92 Å². The standard InChI is InChI=1S/C20H28BF2NO3/c1-18(2)19(3,4)27-21(26-18)16-8-6-5-7-15(16)9-10-17(25)24-13-11-20(22,23)12-14-24/h5-8H,9-14H2,1-4H3. The molecule has 1 aromatic carbocycles. The van der Waals surface area contributed by atoms with E-state index in [1.165, 1.54) is 0 Å². The van der Waals surface area contributed by atoms with Crippen molar-refractivity contribution in [1.29, 1.82) is 0 Å². The van der Waals surface area contributed by atoms with Gasteiger partial charge in [0.05, 0.1) is 11.2 Å². The minimum atomic E-state index is -2.64. The summed E-state index contributed by atoms with van der Waals surface area (Å²) in [5, 5.41) is 0. The zero-order valence-electron chi connectivity index (χ0n) is 16.6. The minimum Gasteiger partial charge on any atom is -0.399 e. The number of piperidine rings is 1. The van der Waals surface area contributed by atoms with E-state index in [1.807, 2.05) is 52.0 Å². The summed E-state index contributed by atoms with van der Waals surface area (Å²) in [4.78, 5) is 14.0. The van der Waals surface area contributed by atoms with Gasteiger partial charge < -0.3 is 14.2 Å². The summed E-state index contributed by atoms with van der Waals surface area (Å²) in [5.74, 6) is -2.71. The minimum absolute atomic E-state index is 0.0748. The highest BCUT2D eigenvalue weighted by molar-refractivity contribution is 6.62. The molecule has 4 nitrogen and oxygen atoms in total. The predicted octanol–water partition coefficient (Wildman–Crippen LogP) is 3.18. The van der Waals surface area contributed by atoms with E-state index >= 15 is 0 Å². The molecule has 2 aliphatic heterocycles. The Hall–Kier alpha value is -1.47. The Kier molecular flexibility index (Phi) is 5.38. The van der Waals surface area contributed by atoms with E-state index in [-0.39, 0.29) is 31.8 Å².